The molecule has 7 unspecified atom stereocenters. The van der Waals surface area contributed by atoms with Crippen molar-refractivity contribution in [2.45, 2.75) is 34.1 Å². The molecule has 0 nitrogen and oxygen atoms in total. The van der Waals surface area contributed by atoms with Gasteiger partial charge in [0.15, 0.2) is 0 Å². The topological polar surface area (TPSA) is 0 Å². The minimum absolute atomic E-state index is 0.835. The molecule has 4 rings (SSSR count). The fourth-order valence-corrected chi connectivity index (χ4v) is 7.00. The smallest absolute Gasteiger partial charge is 0.0131 e. The number of rotatable bonds is 1. The van der Waals surface area contributed by atoms with E-state index in [9.17, 15) is 0 Å². The summed E-state index contributed by atoms with van der Waals surface area (Å²) in [6, 6.07) is 0. The van der Waals surface area contributed by atoms with Crippen molar-refractivity contribution in [2.75, 3.05) is 0 Å². The van der Waals surface area contributed by atoms with Crippen LogP contribution in [0.1, 0.15) is 34.1 Å². The maximum absolute atomic E-state index is 2.53. The lowest BCUT2D eigenvalue weighted by Crippen LogP contribution is -2.20. The number of hydrogen-bond donors (Lipinski definition) is 0. The third-order valence-corrected chi connectivity index (χ3v) is 6.66. The maximum atomic E-state index is 2.53. The molecule has 1 spiro atoms. The summed E-state index contributed by atoms with van der Waals surface area (Å²) in [6.45, 7) is 10.0. The second-order valence-corrected chi connectivity index (χ2v) is 6.63. The predicted molar refractivity (Wildman–Crippen MR) is 53.1 cm³/mol. The Balaban J connectivity index is 1.87. The standard InChI is InChI=1S/C13H20/c1-6(2)12-7(3)5-9-10-8(4)11(12)13(9,10)12/h6-11H,5H2,1-4H3. The molecule has 7 atom stereocenters. The summed E-state index contributed by atoms with van der Waals surface area (Å²) in [6.07, 6.45) is 1.57. The van der Waals surface area contributed by atoms with Gasteiger partial charge in [-0.15, -0.1) is 0 Å². The Labute approximate surface area is 81.1 Å². The summed E-state index contributed by atoms with van der Waals surface area (Å²) in [5.41, 5.74) is 1.78. The van der Waals surface area contributed by atoms with Crippen molar-refractivity contribution in [2.24, 2.45) is 46.3 Å². The predicted octanol–water partition coefficient (Wildman–Crippen LogP) is 3.18. The van der Waals surface area contributed by atoms with E-state index in [-0.39, 0.29) is 0 Å². The zero-order valence-electron chi connectivity index (χ0n) is 9.17. The van der Waals surface area contributed by atoms with Crippen molar-refractivity contribution in [3.8, 4) is 0 Å². The average Bonchev–Trinajstić information content (AvgIpc) is 2.80. The van der Waals surface area contributed by atoms with Gasteiger partial charge in [-0.1, -0.05) is 27.7 Å². The molecule has 0 aromatic carbocycles. The molecule has 0 amide bonds. The molecule has 13 heavy (non-hydrogen) atoms. The van der Waals surface area contributed by atoms with Gasteiger partial charge in [0.2, 0.25) is 0 Å². The van der Waals surface area contributed by atoms with Gasteiger partial charge < -0.3 is 0 Å². The first-order valence-corrected chi connectivity index (χ1v) is 6.11. The minimum Gasteiger partial charge on any atom is -0.0622 e. The zero-order valence-corrected chi connectivity index (χ0v) is 9.17. The van der Waals surface area contributed by atoms with Gasteiger partial charge in [-0.05, 0) is 52.8 Å². The first-order valence-electron chi connectivity index (χ1n) is 6.11. The highest BCUT2D eigenvalue weighted by atomic mass is 15.1. The second kappa shape index (κ2) is 1.51. The van der Waals surface area contributed by atoms with E-state index < -0.39 is 0 Å². The molecule has 72 valence electrons. The van der Waals surface area contributed by atoms with E-state index in [1.54, 1.807) is 6.42 Å². The average molecular weight is 176 g/mol. The highest BCUT2D eigenvalue weighted by Gasteiger charge is 3.04. The molecule has 4 aliphatic carbocycles. The lowest BCUT2D eigenvalue weighted by atomic mass is 9.79. The first-order chi connectivity index (χ1) is 6.11. The van der Waals surface area contributed by atoms with E-state index in [2.05, 4.69) is 27.7 Å². The third kappa shape index (κ3) is 0.369. The molecule has 4 saturated carbocycles. The normalized spacial score (nSPS) is 75.9. The van der Waals surface area contributed by atoms with Crippen molar-refractivity contribution in [1.29, 1.82) is 0 Å². The van der Waals surface area contributed by atoms with Gasteiger partial charge in [-0.25, -0.2) is 0 Å². The van der Waals surface area contributed by atoms with Gasteiger partial charge >= 0.3 is 0 Å². The molecule has 0 radical (unpaired) electrons. The molecule has 0 heterocycles. The second-order valence-electron chi connectivity index (χ2n) is 6.63. The van der Waals surface area contributed by atoms with E-state index in [0.717, 1.165) is 28.6 Å². The Kier molecular flexibility index (Phi) is 0.850. The van der Waals surface area contributed by atoms with Crippen molar-refractivity contribution >= 4 is 0 Å². The quantitative estimate of drug-likeness (QED) is 0.575. The molecule has 0 bridgehead atoms. The lowest BCUT2D eigenvalue weighted by molar-refractivity contribution is 0.224. The third-order valence-electron chi connectivity index (χ3n) is 6.66. The monoisotopic (exact) mass is 176 g/mol. The Hall–Kier alpha value is 0. The fourth-order valence-electron chi connectivity index (χ4n) is 7.00. The Morgan fingerprint density at radius 2 is 1.92 bits per heavy atom. The van der Waals surface area contributed by atoms with Gasteiger partial charge in [0.25, 0.3) is 0 Å². The number of hydrogen-bond acceptors (Lipinski definition) is 0. The summed E-state index contributed by atoms with van der Waals surface area (Å²) in [7, 11) is 0. The van der Waals surface area contributed by atoms with Crippen molar-refractivity contribution in [3.63, 3.8) is 0 Å². The fraction of sp³-hybridized carbons (Fsp3) is 1.00. The van der Waals surface area contributed by atoms with E-state index in [4.69, 9.17) is 0 Å². The molecular weight excluding hydrogens is 156 g/mol. The zero-order chi connectivity index (χ0) is 9.17. The van der Waals surface area contributed by atoms with Crippen LogP contribution in [0.3, 0.4) is 0 Å². The molecule has 0 saturated heterocycles. The number of fused-ring (bicyclic) bond motifs is 2. The van der Waals surface area contributed by atoms with Crippen LogP contribution in [-0.4, -0.2) is 0 Å². The molecule has 0 heteroatoms. The van der Waals surface area contributed by atoms with Crippen LogP contribution in [0.4, 0.5) is 0 Å². The largest absolute Gasteiger partial charge is 0.0622 e. The van der Waals surface area contributed by atoms with Gasteiger partial charge in [0.05, 0.1) is 0 Å². The first kappa shape index (κ1) is 7.31. The molecule has 0 N–H and O–H groups in total. The van der Waals surface area contributed by atoms with Crippen molar-refractivity contribution in [1.82, 2.24) is 0 Å². The van der Waals surface area contributed by atoms with Crippen LogP contribution in [0.2, 0.25) is 0 Å². The highest BCUT2D eigenvalue weighted by Crippen LogP contribution is 3.07. The summed E-state index contributed by atoms with van der Waals surface area (Å²) in [5, 5.41) is 0. The van der Waals surface area contributed by atoms with Gasteiger partial charge in [0.1, 0.15) is 0 Å². The van der Waals surface area contributed by atoms with Crippen LogP contribution in [0.25, 0.3) is 0 Å². The molecule has 4 fully saturated rings. The summed E-state index contributed by atoms with van der Waals surface area (Å²) >= 11 is 0. The molecular formula is C13H20. The van der Waals surface area contributed by atoms with Gasteiger partial charge in [0, 0.05) is 0 Å². The summed E-state index contributed by atoms with van der Waals surface area (Å²) in [4.78, 5) is 0. The van der Waals surface area contributed by atoms with Gasteiger partial charge in [-0.3, -0.25) is 0 Å². The summed E-state index contributed by atoms with van der Waals surface area (Å²) in [5.74, 6) is 6.63. The highest BCUT2D eigenvalue weighted by molar-refractivity contribution is 5.50. The van der Waals surface area contributed by atoms with Crippen LogP contribution in [0, 0.1) is 46.3 Å². The maximum Gasteiger partial charge on any atom is -0.0131 e. The van der Waals surface area contributed by atoms with E-state index in [1.807, 2.05) is 0 Å². The minimum atomic E-state index is 0.835. The van der Waals surface area contributed by atoms with E-state index in [1.165, 1.54) is 17.8 Å². The molecule has 0 aliphatic heterocycles. The SMILES string of the molecule is CC1C2C3CC(C)C4(C(C)C)C1C324. The van der Waals surface area contributed by atoms with E-state index in [0.29, 0.717) is 0 Å². The Morgan fingerprint density at radius 1 is 1.23 bits per heavy atom. The van der Waals surface area contributed by atoms with Crippen molar-refractivity contribution < 1.29 is 0 Å². The van der Waals surface area contributed by atoms with Gasteiger partial charge in [-0.2, -0.15) is 0 Å². The Morgan fingerprint density at radius 3 is 2.38 bits per heavy atom. The molecule has 0 aromatic rings. The van der Waals surface area contributed by atoms with Crippen LogP contribution >= 0.6 is 0 Å². The van der Waals surface area contributed by atoms with Crippen LogP contribution in [0.15, 0.2) is 0 Å². The van der Waals surface area contributed by atoms with Crippen LogP contribution in [-0.2, 0) is 0 Å². The molecule has 4 aliphatic rings. The molecule has 0 aromatic heterocycles. The Bertz CT molecular complexity index is 305. The van der Waals surface area contributed by atoms with Crippen LogP contribution < -0.4 is 0 Å². The lowest BCUT2D eigenvalue weighted by Gasteiger charge is -2.25. The van der Waals surface area contributed by atoms with E-state index >= 15 is 0 Å². The van der Waals surface area contributed by atoms with Crippen molar-refractivity contribution in [3.05, 3.63) is 0 Å². The summed E-state index contributed by atoms with van der Waals surface area (Å²) < 4.78 is 0. The van der Waals surface area contributed by atoms with Crippen LogP contribution in [0.5, 0.6) is 0 Å².